The standard InChI is InChI=1S/C18H32F3N7/c1-5-28(6-2)13-7-8-14(3)26-16(22-4)24-11-12-25-17-23-10-9-15(27-17)18(19,20)21/h9-10,14H,5-8,11-13H2,1-4H3,(H2,22,24,26)(H,23,25,27). The zero-order chi connectivity index (χ0) is 21.0. The number of nitrogens with zero attached hydrogens (tertiary/aromatic N) is 4. The molecule has 1 rings (SSSR count). The molecule has 7 nitrogen and oxygen atoms in total. The minimum atomic E-state index is -4.48. The van der Waals surface area contributed by atoms with Crippen LogP contribution in [0, 0.1) is 0 Å². The topological polar surface area (TPSA) is 77.5 Å². The van der Waals surface area contributed by atoms with Crippen molar-refractivity contribution in [3.63, 3.8) is 0 Å². The Labute approximate surface area is 165 Å². The summed E-state index contributed by atoms with van der Waals surface area (Å²) in [5.41, 5.74) is -0.964. The molecule has 0 amide bonds. The van der Waals surface area contributed by atoms with Crippen LogP contribution in [0.1, 0.15) is 39.3 Å². The largest absolute Gasteiger partial charge is 0.433 e. The van der Waals surface area contributed by atoms with Gasteiger partial charge < -0.3 is 20.9 Å². The Bertz CT molecular complexity index is 589. The Morgan fingerprint density at radius 1 is 1.25 bits per heavy atom. The zero-order valence-electron chi connectivity index (χ0n) is 17.1. The molecular formula is C18H32F3N7. The van der Waals surface area contributed by atoms with Crippen molar-refractivity contribution in [2.24, 2.45) is 4.99 Å². The van der Waals surface area contributed by atoms with E-state index in [1.54, 1.807) is 7.05 Å². The molecule has 1 unspecified atom stereocenters. The molecule has 10 heteroatoms. The summed E-state index contributed by atoms with van der Waals surface area (Å²) in [7, 11) is 1.68. The zero-order valence-corrected chi connectivity index (χ0v) is 17.1. The summed E-state index contributed by atoms with van der Waals surface area (Å²) >= 11 is 0. The number of hydrogen-bond acceptors (Lipinski definition) is 5. The van der Waals surface area contributed by atoms with Crippen LogP contribution in [0.25, 0.3) is 0 Å². The summed E-state index contributed by atoms with van der Waals surface area (Å²) in [5.74, 6) is 0.603. The van der Waals surface area contributed by atoms with Gasteiger partial charge in [0.15, 0.2) is 5.96 Å². The van der Waals surface area contributed by atoms with Gasteiger partial charge in [-0.2, -0.15) is 13.2 Å². The Hall–Kier alpha value is -2.10. The second-order valence-electron chi connectivity index (χ2n) is 6.40. The lowest BCUT2D eigenvalue weighted by molar-refractivity contribution is -0.141. The van der Waals surface area contributed by atoms with Crippen LogP contribution in [0.15, 0.2) is 17.3 Å². The van der Waals surface area contributed by atoms with Gasteiger partial charge in [0.1, 0.15) is 5.69 Å². The van der Waals surface area contributed by atoms with Gasteiger partial charge >= 0.3 is 6.18 Å². The Kier molecular flexibility index (Phi) is 10.6. The molecule has 0 radical (unpaired) electrons. The van der Waals surface area contributed by atoms with Crippen molar-refractivity contribution in [3.8, 4) is 0 Å². The summed E-state index contributed by atoms with van der Waals surface area (Å²) in [6.07, 6.45) is -1.27. The van der Waals surface area contributed by atoms with E-state index in [0.717, 1.165) is 44.7 Å². The van der Waals surface area contributed by atoms with Gasteiger partial charge in [0.2, 0.25) is 5.95 Å². The molecule has 0 aliphatic carbocycles. The first-order chi connectivity index (χ1) is 13.3. The summed E-state index contributed by atoms with van der Waals surface area (Å²) in [6.45, 7) is 10.4. The predicted octanol–water partition coefficient (Wildman–Crippen LogP) is 2.58. The van der Waals surface area contributed by atoms with Gasteiger partial charge in [-0.05, 0) is 45.5 Å². The van der Waals surface area contributed by atoms with E-state index < -0.39 is 11.9 Å². The number of aliphatic imine (C=N–C) groups is 1. The van der Waals surface area contributed by atoms with E-state index >= 15 is 0 Å². The summed E-state index contributed by atoms with van der Waals surface area (Å²) in [6, 6.07) is 1.11. The Morgan fingerprint density at radius 3 is 2.57 bits per heavy atom. The monoisotopic (exact) mass is 403 g/mol. The van der Waals surface area contributed by atoms with Crippen LogP contribution >= 0.6 is 0 Å². The van der Waals surface area contributed by atoms with Gasteiger partial charge in [-0.15, -0.1) is 0 Å². The summed E-state index contributed by atoms with van der Waals surface area (Å²) < 4.78 is 37.9. The highest BCUT2D eigenvalue weighted by atomic mass is 19.4. The van der Waals surface area contributed by atoms with Gasteiger partial charge in [-0.1, -0.05) is 13.8 Å². The highest BCUT2D eigenvalue weighted by Gasteiger charge is 2.32. The molecule has 0 spiro atoms. The highest BCUT2D eigenvalue weighted by Crippen LogP contribution is 2.27. The molecule has 1 atom stereocenters. The number of anilines is 1. The van der Waals surface area contributed by atoms with Crippen molar-refractivity contribution < 1.29 is 13.2 Å². The maximum atomic E-state index is 12.6. The van der Waals surface area contributed by atoms with Crippen LogP contribution in [0.3, 0.4) is 0 Å². The molecule has 0 aliphatic heterocycles. The van der Waals surface area contributed by atoms with E-state index in [1.165, 1.54) is 0 Å². The van der Waals surface area contributed by atoms with Gasteiger partial charge in [0.25, 0.3) is 0 Å². The summed E-state index contributed by atoms with van der Waals surface area (Å²) in [4.78, 5) is 13.8. The second kappa shape index (κ2) is 12.4. The average molecular weight is 403 g/mol. The van der Waals surface area contributed by atoms with E-state index in [-0.39, 0.29) is 12.0 Å². The van der Waals surface area contributed by atoms with Crippen LogP contribution < -0.4 is 16.0 Å². The van der Waals surface area contributed by atoms with Crippen LogP contribution in [0.5, 0.6) is 0 Å². The number of guanidine groups is 1. The normalized spacial score (nSPS) is 13.5. The maximum absolute atomic E-state index is 12.6. The molecular weight excluding hydrogens is 371 g/mol. The third-order valence-electron chi connectivity index (χ3n) is 4.26. The Morgan fingerprint density at radius 2 is 1.96 bits per heavy atom. The predicted molar refractivity (Wildman–Crippen MR) is 107 cm³/mol. The first-order valence-corrected chi connectivity index (χ1v) is 9.63. The number of rotatable bonds is 11. The van der Waals surface area contributed by atoms with E-state index in [0.29, 0.717) is 19.0 Å². The molecule has 160 valence electrons. The minimum Gasteiger partial charge on any atom is -0.355 e. The minimum absolute atomic E-state index is 0.0515. The van der Waals surface area contributed by atoms with Gasteiger partial charge in [0.05, 0.1) is 0 Å². The van der Waals surface area contributed by atoms with Gasteiger partial charge in [-0.3, -0.25) is 4.99 Å². The lowest BCUT2D eigenvalue weighted by Crippen LogP contribution is -2.44. The number of aromatic nitrogens is 2. The number of nitrogens with one attached hydrogen (secondary N) is 3. The molecule has 0 aliphatic rings. The quantitative estimate of drug-likeness (QED) is 0.300. The third-order valence-corrected chi connectivity index (χ3v) is 4.26. The van der Waals surface area contributed by atoms with Crippen LogP contribution in [-0.2, 0) is 6.18 Å². The van der Waals surface area contributed by atoms with E-state index in [4.69, 9.17) is 0 Å². The molecule has 0 fully saturated rings. The molecule has 0 saturated carbocycles. The van der Waals surface area contributed by atoms with Crippen molar-refractivity contribution in [1.29, 1.82) is 0 Å². The third kappa shape index (κ3) is 9.20. The summed E-state index contributed by atoms with van der Waals surface area (Å²) in [5, 5.41) is 9.22. The van der Waals surface area contributed by atoms with Crippen molar-refractivity contribution >= 4 is 11.9 Å². The van der Waals surface area contributed by atoms with Crippen molar-refractivity contribution in [2.75, 3.05) is 45.1 Å². The fourth-order valence-corrected chi connectivity index (χ4v) is 2.62. The van der Waals surface area contributed by atoms with E-state index in [1.807, 2.05) is 0 Å². The van der Waals surface area contributed by atoms with Crippen molar-refractivity contribution in [1.82, 2.24) is 25.5 Å². The average Bonchev–Trinajstić information content (AvgIpc) is 2.67. The first kappa shape index (κ1) is 23.9. The fraction of sp³-hybridized carbons (Fsp3) is 0.722. The van der Waals surface area contributed by atoms with Crippen molar-refractivity contribution in [3.05, 3.63) is 18.0 Å². The highest BCUT2D eigenvalue weighted by molar-refractivity contribution is 5.79. The van der Waals surface area contributed by atoms with Crippen LogP contribution in [0.4, 0.5) is 19.1 Å². The number of hydrogen-bond donors (Lipinski definition) is 3. The molecule has 28 heavy (non-hydrogen) atoms. The van der Waals surface area contributed by atoms with Crippen molar-refractivity contribution in [2.45, 2.75) is 45.8 Å². The van der Waals surface area contributed by atoms with Crippen LogP contribution in [-0.4, -0.2) is 66.6 Å². The van der Waals surface area contributed by atoms with Crippen LogP contribution in [0.2, 0.25) is 0 Å². The number of alkyl halides is 3. The number of halogens is 3. The fourth-order valence-electron chi connectivity index (χ4n) is 2.62. The van der Waals surface area contributed by atoms with Gasteiger partial charge in [-0.25, -0.2) is 9.97 Å². The molecule has 3 N–H and O–H groups in total. The molecule has 1 heterocycles. The smallest absolute Gasteiger partial charge is 0.355 e. The molecule has 0 aromatic carbocycles. The molecule has 0 bridgehead atoms. The lowest BCUT2D eigenvalue weighted by Gasteiger charge is -2.21. The first-order valence-electron chi connectivity index (χ1n) is 9.63. The van der Waals surface area contributed by atoms with E-state index in [2.05, 4.69) is 56.6 Å². The van der Waals surface area contributed by atoms with Gasteiger partial charge in [0, 0.05) is 32.4 Å². The maximum Gasteiger partial charge on any atom is 0.433 e. The van der Waals surface area contributed by atoms with E-state index in [9.17, 15) is 13.2 Å². The second-order valence-corrected chi connectivity index (χ2v) is 6.40. The molecule has 1 aromatic rings. The molecule has 1 aromatic heterocycles. The SMILES string of the molecule is CCN(CC)CCCC(C)NC(=NC)NCCNc1nccc(C(F)(F)F)n1. The lowest BCUT2D eigenvalue weighted by atomic mass is 10.2. The molecule has 0 saturated heterocycles. The Balaban J connectivity index is 2.31.